The van der Waals surface area contributed by atoms with E-state index in [0.717, 1.165) is 6.07 Å². The van der Waals surface area contributed by atoms with Crippen molar-refractivity contribution in [1.29, 1.82) is 0 Å². The van der Waals surface area contributed by atoms with Crippen LogP contribution in [0.3, 0.4) is 0 Å². The molecule has 2 aromatic carbocycles. The normalized spacial score (nSPS) is 10.4. The lowest BCUT2D eigenvalue weighted by Crippen LogP contribution is -2.27. The van der Waals surface area contributed by atoms with Crippen molar-refractivity contribution in [3.05, 3.63) is 64.7 Å². The van der Waals surface area contributed by atoms with E-state index in [-0.39, 0.29) is 18.9 Å². The number of hydrogen-bond donors (Lipinski definition) is 1. The maximum atomic E-state index is 13.0. The van der Waals surface area contributed by atoms with Crippen LogP contribution in [0.15, 0.2) is 42.5 Å². The predicted octanol–water partition coefficient (Wildman–Crippen LogP) is 3.75. The fourth-order valence-corrected chi connectivity index (χ4v) is 2.11. The van der Waals surface area contributed by atoms with Gasteiger partial charge in [0, 0.05) is 17.6 Å². The summed E-state index contributed by atoms with van der Waals surface area (Å²) >= 11 is 5.76. The molecule has 3 nitrogen and oxygen atoms in total. The zero-order chi connectivity index (χ0) is 16.7. The van der Waals surface area contributed by atoms with Crippen LogP contribution in [-0.4, -0.2) is 19.1 Å². The molecule has 1 N–H and O–H groups in total. The third-order valence-electron chi connectivity index (χ3n) is 3.07. The molecule has 0 spiro atoms. The monoisotopic (exact) mass is 339 g/mol. The number of amides is 1. The van der Waals surface area contributed by atoms with Gasteiger partial charge < -0.3 is 10.1 Å². The molecule has 2 aromatic rings. The van der Waals surface area contributed by atoms with Crippen LogP contribution in [0.5, 0.6) is 5.75 Å². The standard InChI is InChI=1S/C17H16ClF2NO2/c18-13-1-3-16(4-2-13)23-8-6-17(22)21-7-5-12-9-14(19)11-15(20)10-12/h1-4,9-11H,5-8H2,(H,21,22). The van der Waals surface area contributed by atoms with Gasteiger partial charge in [0.15, 0.2) is 0 Å². The summed E-state index contributed by atoms with van der Waals surface area (Å²) in [6, 6.07) is 10.2. The number of hydrogen-bond acceptors (Lipinski definition) is 2. The van der Waals surface area contributed by atoms with Gasteiger partial charge in [-0.3, -0.25) is 4.79 Å². The highest BCUT2D eigenvalue weighted by Gasteiger charge is 2.04. The predicted molar refractivity (Wildman–Crippen MR) is 84.6 cm³/mol. The van der Waals surface area contributed by atoms with Crippen molar-refractivity contribution in [2.45, 2.75) is 12.8 Å². The Hall–Kier alpha value is -2.14. The molecule has 122 valence electrons. The Kier molecular flexibility index (Phi) is 6.35. The summed E-state index contributed by atoms with van der Waals surface area (Å²) in [6.45, 7) is 0.546. The third-order valence-corrected chi connectivity index (χ3v) is 3.32. The molecule has 0 aliphatic carbocycles. The van der Waals surface area contributed by atoms with Crippen molar-refractivity contribution in [1.82, 2.24) is 5.32 Å². The summed E-state index contributed by atoms with van der Waals surface area (Å²) in [5, 5.41) is 3.30. The molecule has 2 rings (SSSR count). The molecular weight excluding hydrogens is 324 g/mol. The number of carbonyl (C=O) groups is 1. The van der Waals surface area contributed by atoms with Gasteiger partial charge in [-0.05, 0) is 48.4 Å². The Balaban J connectivity index is 1.66. The lowest BCUT2D eigenvalue weighted by atomic mass is 10.1. The van der Waals surface area contributed by atoms with E-state index >= 15 is 0 Å². The van der Waals surface area contributed by atoms with Crippen molar-refractivity contribution < 1.29 is 18.3 Å². The molecule has 6 heteroatoms. The first-order valence-corrected chi connectivity index (χ1v) is 7.51. The van der Waals surface area contributed by atoms with Gasteiger partial charge in [-0.25, -0.2) is 8.78 Å². The van der Waals surface area contributed by atoms with E-state index in [1.165, 1.54) is 12.1 Å². The smallest absolute Gasteiger partial charge is 0.223 e. The van der Waals surface area contributed by atoms with Crippen LogP contribution in [0.4, 0.5) is 8.78 Å². The molecule has 0 aliphatic heterocycles. The lowest BCUT2D eigenvalue weighted by Gasteiger charge is -2.08. The van der Waals surface area contributed by atoms with Gasteiger partial charge in [-0.2, -0.15) is 0 Å². The van der Waals surface area contributed by atoms with Gasteiger partial charge in [0.05, 0.1) is 13.0 Å². The largest absolute Gasteiger partial charge is 0.493 e. The number of ether oxygens (including phenoxy) is 1. The molecule has 0 unspecified atom stereocenters. The second-order valence-electron chi connectivity index (χ2n) is 4.93. The summed E-state index contributed by atoms with van der Waals surface area (Å²) in [6.07, 6.45) is 0.554. The summed E-state index contributed by atoms with van der Waals surface area (Å²) in [5.41, 5.74) is 0.500. The second-order valence-corrected chi connectivity index (χ2v) is 5.37. The number of halogens is 3. The average molecular weight is 340 g/mol. The van der Waals surface area contributed by atoms with E-state index in [9.17, 15) is 13.6 Å². The maximum Gasteiger partial charge on any atom is 0.223 e. The molecule has 0 aromatic heterocycles. The highest BCUT2D eigenvalue weighted by Crippen LogP contribution is 2.15. The first-order chi connectivity index (χ1) is 11.0. The molecule has 1 amide bonds. The van der Waals surface area contributed by atoms with Crippen LogP contribution in [0.2, 0.25) is 5.02 Å². The first kappa shape index (κ1) is 17.2. The van der Waals surface area contributed by atoms with Gasteiger partial charge in [0.25, 0.3) is 0 Å². The van der Waals surface area contributed by atoms with Crippen LogP contribution < -0.4 is 10.1 Å². The van der Waals surface area contributed by atoms with Crippen LogP contribution >= 0.6 is 11.6 Å². The van der Waals surface area contributed by atoms with E-state index in [0.29, 0.717) is 29.3 Å². The summed E-state index contributed by atoms with van der Waals surface area (Å²) < 4.78 is 31.4. The van der Waals surface area contributed by atoms with Crippen LogP contribution in [0.1, 0.15) is 12.0 Å². The van der Waals surface area contributed by atoms with E-state index in [1.807, 2.05) is 0 Å². The van der Waals surface area contributed by atoms with Gasteiger partial charge in [-0.15, -0.1) is 0 Å². The summed E-state index contributed by atoms with van der Waals surface area (Å²) in [7, 11) is 0. The zero-order valence-electron chi connectivity index (χ0n) is 12.3. The molecule has 0 bridgehead atoms. The molecule has 0 heterocycles. The fourth-order valence-electron chi connectivity index (χ4n) is 1.98. The van der Waals surface area contributed by atoms with Gasteiger partial charge >= 0.3 is 0 Å². The molecule has 0 aliphatic rings. The SMILES string of the molecule is O=C(CCOc1ccc(Cl)cc1)NCCc1cc(F)cc(F)c1. The molecule has 0 fully saturated rings. The zero-order valence-corrected chi connectivity index (χ0v) is 13.1. The number of benzene rings is 2. The fraction of sp³-hybridized carbons (Fsp3) is 0.235. The summed E-state index contributed by atoms with van der Waals surface area (Å²) in [4.78, 5) is 11.7. The van der Waals surface area contributed by atoms with Crippen LogP contribution in [0, 0.1) is 11.6 Å². The van der Waals surface area contributed by atoms with Crippen molar-refractivity contribution in [2.75, 3.05) is 13.2 Å². The maximum absolute atomic E-state index is 13.0. The molecule has 23 heavy (non-hydrogen) atoms. The van der Waals surface area contributed by atoms with Gasteiger partial charge in [-0.1, -0.05) is 11.6 Å². The van der Waals surface area contributed by atoms with E-state index in [1.54, 1.807) is 24.3 Å². The van der Waals surface area contributed by atoms with Crippen molar-refractivity contribution >= 4 is 17.5 Å². The van der Waals surface area contributed by atoms with E-state index < -0.39 is 11.6 Å². The Morgan fingerprint density at radius 3 is 2.39 bits per heavy atom. The average Bonchev–Trinajstić information content (AvgIpc) is 2.48. The van der Waals surface area contributed by atoms with E-state index in [4.69, 9.17) is 16.3 Å². The van der Waals surface area contributed by atoms with Crippen molar-refractivity contribution in [3.63, 3.8) is 0 Å². The molecule has 0 atom stereocenters. The number of nitrogens with one attached hydrogen (secondary N) is 1. The molecular formula is C17H16ClF2NO2. The number of rotatable bonds is 7. The molecule has 0 saturated heterocycles. The Bertz CT molecular complexity index is 642. The van der Waals surface area contributed by atoms with Crippen LogP contribution in [0.25, 0.3) is 0 Å². The second kappa shape index (κ2) is 8.48. The first-order valence-electron chi connectivity index (χ1n) is 7.13. The van der Waals surface area contributed by atoms with Gasteiger partial charge in [0.2, 0.25) is 5.91 Å². The Morgan fingerprint density at radius 2 is 1.74 bits per heavy atom. The lowest BCUT2D eigenvalue weighted by molar-refractivity contribution is -0.121. The van der Waals surface area contributed by atoms with Crippen molar-refractivity contribution in [3.8, 4) is 5.75 Å². The minimum Gasteiger partial charge on any atom is -0.493 e. The quantitative estimate of drug-likeness (QED) is 0.834. The number of carbonyl (C=O) groups excluding carboxylic acids is 1. The van der Waals surface area contributed by atoms with Gasteiger partial charge in [0.1, 0.15) is 17.4 Å². The minimum atomic E-state index is -0.623. The van der Waals surface area contributed by atoms with Crippen molar-refractivity contribution in [2.24, 2.45) is 0 Å². The Morgan fingerprint density at radius 1 is 1.09 bits per heavy atom. The Labute approximate surface area is 138 Å². The molecule has 0 saturated carbocycles. The highest BCUT2D eigenvalue weighted by atomic mass is 35.5. The molecule has 0 radical (unpaired) electrons. The topological polar surface area (TPSA) is 38.3 Å². The minimum absolute atomic E-state index is 0.184. The highest BCUT2D eigenvalue weighted by molar-refractivity contribution is 6.30. The third kappa shape index (κ3) is 6.24. The van der Waals surface area contributed by atoms with E-state index in [2.05, 4.69) is 5.32 Å². The van der Waals surface area contributed by atoms with Crippen LogP contribution in [-0.2, 0) is 11.2 Å². The summed E-state index contributed by atoms with van der Waals surface area (Å²) in [5.74, 6) is -0.793.